The number of amides is 1. The molecule has 1 unspecified atom stereocenters. The summed E-state index contributed by atoms with van der Waals surface area (Å²) in [7, 11) is 0. The predicted octanol–water partition coefficient (Wildman–Crippen LogP) is 3.14. The maximum atomic E-state index is 13.3. The van der Waals surface area contributed by atoms with Gasteiger partial charge in [-0.05, 0) is 19.4 Å². The number of para-hydroxylation sites is 1. The molecule has 0 radical (unpaired) electrons. The number of benzene rings is 1. The minimum absolute atomic E-state index is 0.240. The number of halogens is 3. The lowest BCUT2D eigenvalue weighted by Crippen LogP contribution is -2.47. The first-order valence-electron chi connectivity index (χ1n) is 7.88. The number of likely N-dealkylation sites (tertiary alicyclic amines) is 1. The van der Waals surface area contributed by atoms with Gasteiger partial charge in [0.2, 0.25) is 0 Å². The van der Waals surface area contributed by atoms with E-state index in [2.05, 4.69) is 0 Å². The molecule has 1 aromatic carbocycles. The monoisotopic (exact) mass is 354 g/mol. The van der Waals surface area contributed by atoms with Gasteiger partial charge < -0.3 is 14.6 Å². The average Bonchev–Trinajstić information content (AvgIpc) is 3.17. The minimum atomic E-state index is -4.91. The molecule has 1 fully saturated rings. The molecule has 2 heterocycles. The van der Waals surface area contributed by atoms with Crippen molar-refractivity contribution in [1.82, 2.24) is 9.47 Å². The molecule has 25 heavy (non-hydrogen) atoms. The lowest BCUT2D eigenvalue weighted by atomic mass is 9.86. The molecule has 0 spiro atoms. The van der Waals surface area contributed by atoms with Gasteiger partial charge in [-0.3, -0.25) is 9.59 Å². The SMILES string of the molecule is CCn1cc(C(=O)N2CCC(C(=O)O)(C(F)(F)F)C2)c2ccccc21. The third kappa shape index (κ3) is 2.56. The van der Waals surface area contributed by atoms with Crippen LogP contribution < -0.4 is 0 Å². The highest BCUT2D eigenvalue weighted by molar-refractivity contribution is 6.07. The van der Waals surface area contributed by atoms with Crippen LogP contribution in [-0.2, 0) is 11.3 Å². The van der Waals surface area contributed by atoms with Crippen LogP contribution in [0.4, 0.5) is 13.2 Å². The van der Waals surface area contributed by atoms with Crippen LogP contribution in [0.1, 0.15) is 23.7 Å². The molecule has 1 N–H and O–H groups in total. The molecule has 2 aromatic rings. The number of rotatable bonds is 3. The fourth-order valence-corrected chi connectivity index (χ4v) is 3.36. The first kappa shape index (κ1) is 17.3. The van der Waals surface area contributed by atoms with Crippen LogP contribution >= 0.6 is 0 Å². The molecule has 8 heteroatoms. The van der Waals surface area contributed by atoms with Gasteiger partial charge in [0.1, 0.15) is 0 Å². The molecule has 1 aromatic heterocycles. The van der Waals surface area contributed by atoms with Gasteiger partial charge in [0, 0.05) is 36.7 Å². The summed E-state index contributed by atoms with van der Waals surface area (Å²) in [5, 5.41) is 9.77. The molecule has 0 saturated carbocycles. The average molecular weight is 354 g/mol. The Morgan fingerprint density at radius 3 is 2.52 bits per heavy atom. The van der Waals surface area contributed by atoms with Gasteiger partial charge in [0.05, 0.1) is 5.56 Å². The van der Waals surface area contributed by atoms with Gasteiger partial charge in [0.25, 0.3) is 5.91 Å². The van der Waals surface area contributed by atoms with Crippen LogP contribution in [0, 0.1) is 5.41 Å². The van der Waals surface area contributed by atoms with Gasteiger partial charge in [0.15, 0.2) is 5.41 Å². The van der Waals surface area contributed by atoms with Crippen molar-refractivity contribution in [3.8, 4) is 0 Å². The molecule has 1 amide bonds. The zero-order valence-corrected chi connectivity index (χ0v) is 13.5. The molecule has 1 aliphatic rings. The van der Waals surface area contributed by atoms with E-state index in [1.807, 2.05) is 23.6 Å². The normalized spacial score (nSPS) is 21.0. The fraction of sp³-hybridized carbons (Fsp3) is 0.412. The van der Waals surface area contributed by atoms with E-state index in [-0.39, 0.29) is 6.54 Å². The van der Waals surface area contributed by atoms with Crippen molar-refractivity contribution < 1.29 is 27.9 Å². The van der Waals surface area contributed by atoms with Crippen LogP contribution in [0.15, 0.2) is 30.5 Å². The quantitative estimate of drug-likeness (QED) is 0.921. The first-order chi connectivity index (χ1) is 11.7. The van der Waals surface area contributed by atoms with Crippen molar-refractivity contribution in [2.45, 2.75) is 26.1 Å². The zero-order chi connectivity index (χ0) is 18.4. The zero-order valence-electron chi connectivity index (χ0n) is 13.5. The van der Waals surface area contributed by atoms with E-state index in [9.17, 15) is 22.8 Å². The van der Waals surface area contributed by atoms with Gasteiger partial charge in [-0.25, -0.2) is 0 Å². The smallest absolute Gasteiger partial charge is 0.406 e. The van der Waals surface area contributed by atoms with Crippen molar-refractivity contribution >= 4 is 22.8 Å². The Balaban J connectivity index is 1.97. The highest BCUT2D eigenvalue weighted by Gasteiger charge is 2.64. The number of carbonyl (C=O) groups is 2. The molecule has 3 rings (SSSR count). The minimum Gasteiger partial charge on any atom is -0.481 e. The van der Waals surface area contributed by atoms with Crippen molar-refractivity contribution in [2.75, 3.05) is 13.1 Å². The Kier molecular flexibility index (Phi) is 4.01. The van der Waals surface area contributed by atoms with Gasteiger partial charge in [-0.1, -0.05) is 18.2 Å². The van der Waals surface area contributed by atoms with Crippen LogP contribution in [0.2, 0.25) is 0 Å². The molecule has 1 atom stereocenters. The summed E-state index contributed by atoms with van der Waals surface area (Å²) < 4.78 is 41.7. The van der Waals surface area contributed by atoms with E-state index in [4.69, 9.17) is 5.11 Å². The summed E-state index contributed by atoms with van der Waals surface area (Å²) in [6.45, 7) is 1.40. The number of fused-ring (bicyclic) bond motifs is 1. The summed E-state index contributed by atoms with van der Waals surface area (Å²) in [5.74, 6) is -2.51. The van der Waals surface area contributed by atoms with E-state index in [1.54, 1.807) is 18.3 Å². The maximum absolute atomic E-state index is 13.3. The molecule has 1 aliphatic heterocycles. The highest BCUT2D eigenvalue weighted by atomic mass is 19.4. The standard InChI is InChI=1S/C17H17F3N2O3/c1-2-21-9-12(11-5-3-4-6-13(11)21)14(23)22-8-7-16(10-22,15(24)25)17(18,19)20/h3-6,9H,2,7-8,10H2,1H3,(H,24,25). The topological polar surface area (TPSA) is 62.5 Å². The Labute approximate surface area is 141 Å². The van der Waals surface area contributed by atoms with Crippen molar-refractivity contribution in [3.63, 3.8) is 0 Å². The van der Waals surface area contributed by atoms with Crippen LogP contribution in [-0.4, -0.2) is 45.7 Å². The third-order valence-electron chi connectivity index (χ3n) is 4.87. The number of carboxylic acid groups (broad SMARTS) is 1. The summed E-state index contributed by atoms with van der Waals surface area (Å²) in [5.41, 5.74) is -1.79. The summed E-state index contributed by atoms with van der Waals surface area (Å²) in [6.07, 6.45) is -3.93. The number of hydrogen-bond donors (Lipinski definition) is 1. The van der Waals surface area contributed by atoms with Gasteiger partial charge >= 0.3 is 12.1 Å². The van der Waals surface area contributed by atoms with Crippen LogP contribution in [0.25, 0.3) is 10.9 Å². The Hall–Kier alpha value is -2.51. The number of alkyl halides is 3. The number of aromatic nitrogens is 1. The summed E-state index contributed by atoms with van der Waals surface area (Å²) in [4.78, 5) is 25.0. The third-order valence-corrected chi connectivity index (χ3v) is 4.87. The van der Waals surface area contributed by atoms with E-state index in [0.29, 0.717) is 17.5 Å². The molecule has 0 aliphatic carbocycles. The van der Waals surface area contributed by atoms with Crippen molar-refractivity contribution in [2.24, 2.45) is 5.41 Å². The Bertz CT molecular complexity index is 843. The highest BCUT2D eigenvalue weighted by Crippen LogP contribution is 2.46. The maximum Gasteiger partial charge on any atom is 0.406 e. The van der Waals surface area contributed by atoms with Crippen LogP contribution in [0.3, 0.4) is 0 Å². The van der Waals surface area contributed by atoms with Gasteiger partial charge in [-0.15, -0.1) is 0 Å². The van der Waals surface area contributed by atoms with Crippen molar-refractivity contribution in [1.29, 1.82) is 0 Å². The number of nitrogens with zero attached hydrogens (tertiary/aromatic N) is 2. The lowest BCUT2D eigenvalue weighted by molar-refractivity contribution is -0.227. The van der Waals surface area contributed by atoms with Crippen molar-refractivity contribution in [3.05, 3.63) is 36.0 Å². The van der Waals surface area contributed by atoms with E-state index >= 15 is 0 Å². The lowest BCUT2D eigenvalue weighted by Gasteiger charge is -2.27. The second-order valence-corrected chi connectivity index (χ2v) is 6.21. The summed E-state index contributed by atoms with van der Waals surface area (Å²) >= 11 is 0. The first-order valence-corrected chi connectivity index (χ1v) is 7.88. The molecule has 5 nitrogen and oxygen atoms in total. The second-order valence-electron chi connectivity index (χ2n) is 6.21. The van der Waals surface area contributed by atoms with Gasteiger partial charge in [-0.2, -0.15) is 13.2 Å². The predicted molar refractivity (Wildman–Crippen MR) is 84.3 cm³/mol. The number of aliphatic carboxylic acids is 1. The molecule has 0 bridgehead atoms. The number of carboxylic acids is 1. The Morgan fingerprint density at radius 2 is 1.96 bits per heavy atom. The van der Waals surface area contributed by atoms with E-state index in [1.165, 1.54) is 0 Å². The second kappa shape index (κ2) is 5.79. The number of hydrogen-bond acceptors (Lipinski definition) is 2. The number of carbonyl (C=O) groups excluding carboxylic acids is 1. The largest absolute Gasteiger partial charge is 0.481 e. The van der Waals surface area contributed by atoms with E-state index < -0.39 is 36.4 Å². The van der Waals surface area contributed by atoms with E-state index in [0.717, 1.165) is 10.4 Å². The number of aryl methyl sites for hydroxylation is 1. The fourth-order valence-electron chi connectivity index (χ4n) is 3.36. The van der Waals surface area contributed by atoms with Crippen LogP contribution in [0.5, 0.6) is 0 Å². The molecular weight excluding hydrogens is 337 g/mol. The molecular formula is C17H17F3N2O3. The summed E-state index contributed by atoms with van der Waals surface area (Å²) in [6, 6.07) is 7.13. The molecule has 134 valence electrons. The Morgan fingerprint density at radius 1 is 1.28 bits per heavy atom. The molecule has 1 saturated heterocycles.